The van der Waals surface area contributed by atoms with Crippen LogP contribution in [0.2, 0.25) is 0 Å². The lowest BCUT2D eigenvalue weighted by Crippen LogP contribution is -2.43. The molecule has 2 rings (SSSR count). The molecule has 0 saturated heterocycles. The molecule has 0 fully saturated rings. The number of rotatable bonds is 6. The first kappa shape index (κ1) is 16.1. The number of carbonyl (C=O) groups is 2. The summed E-state index contributed by atoms with van der Waals surface area (Å²) in [5.41, 5.74) is 1.37. The number of nitrogens with zero attached hydrogens (tertiary/aromatic N) is 1. The largest absolute Gasteiger partial charge is 0.480 e. The number of hydrogen-bond acceptors (Lipinski definition) is 5. The third-order valence-electron chi connectivity index (χ3n) is 2.92. The van der Waals surface area contributed by atoms with Gasteiger partial charge in [-0.1, -0.05) is 30.3 Å². The van der Waals surface area contributed by atoms with Crippen molar-refractivity contribution < 1.29 is 19.4 Å². The fourth-order valence-corrected chi connectivity index (χ4v) is 2.78. The molecule has 7 heteroatoms. The maximum atomic E-state index is 12.4. The van der Waals surface area contributed by atoms with Crippen molar-refractivity contribution in [2.24, 2.45) is 0 Å². The number of carboxylic acid groups (broad SMARTS) is 1. The molecule has 0 aliphatic heterocycles. The normalized spacial score (nSPS) is 11.9. The maximum absolute atomic E-state index is 12.4. The summed E-state index contributed by atoms with van der Waals surface area (Å²) in [6.07, 6.45) is 0. The van der Waals surface area contributed by atoms with E-state index in [1.165, 1.54) is 18.4 Å². The lowest BCUT2D eigenvalue weighted by Gasteiger charge is -2.13. The summed E-state index contributed by atoms with van der Waals surface area (Å²) < 4.78 is 4.81. The first-order valence-electron chi connectivity index (χ1n) is 6.58. The lowest BCUT2D eigenvalue weighted by atomic mass is 10.1. The number of benzene rings is 1. The summed E-state index contributed by atoms with van der Waals surface area (Å²) in [6, 6.07) is 8.21. The lowest BCUT2D eigenvalue weighted by molar-refractivity contribution is -0.140. The van der Waals surface area contributed by atoms with E-state index in [1.807, 2.05) is 30.3 Å². The Hall–Kier alpha value is -2.25. The molecule has 0 aliphatic carbocycles. The number of aliphatic carboxylic acids is 1. The fourth-order valence-electron chi connectivity index (χ4n) is 1.94. The van der Waals surface area contributed by atoms with Gasteiger partial charge in [-0.25, -0.2) is 9.78 Å². The number of amides is 1. The minimum absolute atomic E-state index is 0.0977. The molecule has 1 aromatic carbocycles. The molecule has 0 radical (unpaired) electrons. The van der Waals surface area contributed by atoms with Crippen LogP contribution in [0.1, 0.15) is 14.7 Å². The average molecular weight is 320 g/mol. The first-order chi connectivity index (χ1) is 10.5. The Morgan fingerprint density at radius 1 is 1.36 bits per heavy atom. The van der Waals surface area contributed by atoms with Crippen LogP contribution < -0.4 is 5.32 Å². The predicted octanol–water partition coefficient (Wildman–Crippen LogP) is 1.95. The van der Waals surface area contributed by atoms with Crippen LogP contribution in [0.25, 0.3) is 11.3 Å². The molecule has 1 unspecified atom stereocenters. The van der Waals surface area contributed by atoms with E-state index >= 15 is 0 Å². The van der Waals surface area contributed by atoms with E-state index in [-0.39, 0.29) is 6.61 Å². The van der Waals surface area contributed by atoms with Crippen LogP contribution in [0.15, 0.2) is 30.3 Å². The topological polar surface area (TPSA) is 88.5 Å². The van der Waals surface area contributed by atoms with E-state index in [2.05, 4.69) is 10.3 Å². The minimum Gasteiger partial charge on any atom is -0.480 e. The van der Waals surface area contributed by atoms with Gasteiger partial charge in [0.05, 0.1) is 17.3 Å². The van der Waals surface area contributed by atoms with Crippen molar-refractivity contribution in [2.75, 3.05) is 13.7 Å². The van der Waals surface area contributed by atoms with Crippen molar-refractivity contribution in [3.63, 3.8) is 0 Å². The van der Waals surface area contributed by atoms with Crippen molar-refractivity contribution in [3.05, 3.63) is 40.2 Å². The van der Waals surface area contributed by atoms with E-state index in [0.29, 0.717) is 10.6 Å². The molecule has 1 aromatic heterocycles. The van der Waals surface area contributed by atoms with Gasteiger partial charge in [0.2, 0.25) is 0 Å². The molecular weight excluding hydrogens is 304 g/mol. The monoisotopic (exact) mass is 320 g/mol. The van der Waals surface area contributed by atoms with E-state index in [4.69, 9.17) is 9.84 Å². The van der Waals surface area contributed by atoms with E-state index in [0.717, 1.165) is 10.6 Å². The molecule has 1 heterocycles. The summed E-state index contributed by atoms with van der Waals surface area (Å²) >= 11 is 1.23. The van der Waals surface area contributed by atoms with Crippen LogP contribution in [0.4, 0.5) is 0 Å². The fraction of sp³-hybridized carbons (Fsp3) is 0.267. The van der Waals surface area contributed by atoms with Crippen LogP contribution in [0, 0.1) is 6.92 Å². The van der Waals surface area contributed by atoms with Crippen LogP contribution in [-0.2, 0) is 9.53 Å². The summed E-state index contributed by atoms with van der Waals surface area (Å²) in [4.78, 5) is 28.3. The highest BCUT2D eigenvalue weighted by Crippen LogP contribution is 2.27. The number of aromatic nitrogens is 1. The molecule has 2 N–H and O–H groups in total. The molecular formula is C15H16N2O4S. The Labute approximate surface area is 131 Å². The van der Waals surface area contributed by atoms with Gasteiger partial charge >= 0.3 is 5.97 Å². The number of carboxylic acids is 1. The van der Waals surface area contributed by atoms with Crippen LogP contribution in [0.5, 0.6) is 0 Å². The molecule has 22 heavy (non-hydrogen) atoms. The summed E-state index contributed by atoms with van der Waals surface area (Å²) in [5.74, 6) is -1.60. The van der Waals surface area contributed by atoms with Gasteiger partial charge in [-0.15, -0.1) is 11.3 Å². The van der Waals surface area contributed by atoms with Gasteiger partial charge in [0.15, 0.2) is 6.04 Å². The number of ether oxygens (including phenoxy) is 1. The quantitative estimate of drug-likeness (QED) is 0.849. The second-order valence-corrected chi connectivity index (χ2v) is 5.80. The van der Waals surface area contributed by atoms with Gasteiger partial charge in [0, 0.05) is 12.7 Å². The van der Waals surface area contributed by atoms with E-state index in [9.17, 15) is 9.59 Å². The van der Waals surface area contributed by atoms with E-state index < -0.39 is 17.9 Å². The zero-order chi connectivity index (χ0) is 16.1. The number of nitrogens with one attached hydrogen (secondary N) is 1. The Balaban J connectivity index is 2.29. The molecule has 0 aliphatic rings. The van der Waals surface area contributed by atoms with Gasteiger partial charge in [-0.05, 0) is 6.92 Å². The minimum atomic E-state index is -1.14. The van der Waals surface area contributed by atoms with E-state index in [1.54, 1.807) is 6.92 Å². The second-order valence-electron chi connectivity index (χ2n) is 4.60. The predicted molar refractivity (Wildman–Crippen MR) is 83.1 cm³/mol. The highest BCUT2D eigenvalue weighted by molar-refractivity contribution is 7.14. The van der Waals surface area contributed by atoms with Crippen LogP contribution in [-0.4, -0.2) is 41.7 Å². The molecule has 1 amide bonds. The summed E-state index contributed by atoms with van der Waals surface area (Å²) in [7, 11) is 1.38. The highest BCUT2D eigenvalue weighted by Gasteiger charge is 2.24. The Bertz CT molecular complexity index is 669. The van der Waals surface area contributed by atoms with Gasteiger partial charge in [0.1, 0.15) is 4.88 Å². The number of hydrogen-bond donors (Lipinski definition) is 2. The highest BCUT2D eigenvalue weighted by atomic mass is 32.1. The number of carbonyl (C=O) groups excluding carboxylic acids is 1. The van der Waals surface area contributed by atoms with Crippen molar-refractivity contribution >= 4 is 23.2 Å². The molecule has 116 valence electrons. The standard InChI is InChI=1S/C15H16N2O4S/c1-9-16-12(10-6-4-3-5-7-10)13(22-9)14(18)17-11(8-21-2)15(19)20/h3-7,11H,8H2,1-2H3,(H,17,18)(H,19,20). The SMILES string of the molecule is COCC(NC(=O)c1sc(C)nc1-c1ccccc1)C(=O)O. The summed E-state index contributed by atoms with van der Waals surface area (Å²) in [5, 5.41) is 12.3. The van der Waals surface area contributed by atoms with Gasteiger partial charge in [-0.3, -0.25) is 4.79 Å². The zero-order valence-electron chi connectivity index (χ0n) is 12.2. The van der Waals surface area contributed by atoms with Crippen LogP contribution >= 0.6 is 11.3 Å². The summed E-state index contributed by atoms with van der Waals surface area (Å²) in [6.45, 7) is 1.71. The Kier molecular flexibility index (Phi) is 5.24. The first-order valence-corrected chi connectivity index (χ1v) is 7.40. The Morgan fingerprint density at radius 2 is 2.05 bits per heavy atom. The average Bonchev–Trinajstić information content (AvgIpc) is 2.89. The Morgan fingerprint density at radius 3 is 2.64 bits per heavy atom. The zero-order valence-corrected chi connectivity index (χ0v) is 13.0. The third kappa shape index (κ3) is 3.69. The number of methoxy groups -OCH3 is 1. The number of thiazole rings is 1. The second kappa shape index (κ2) is 7.15. The van der Waals surface area contributed by atoms with Gasteiger partial charge < -0.3 is 15.2 Å². The number of aryl methyl sites for hydroxylation is 1. The van der Waals surface area contributed by atoms with Crippen molar-refractivity contribution in [3.8, 4) is 11.3 Å². The molecule has 0 spiro atoms. The molecule has 0 bridgehead atoms. The molecule has 6 nitrogen and oxygen atoms in total. The molecule has 2 aromatic rings. The van der Waals surface area contributed by atoms with Crippen molar-refractivity contribution in [2.45, 2.75) is 13.0 Å². The van der Waals surface area contributed by atoms with Crippen molar-refractivity contribution in [1.82, 2.24) is 10.3 Å². The molecule has 0 saturated carbocycles. The van der Waals surface area contributed by atoms with Crippen LogP contribution in [0.3, 0.4) is 0 Å². The molecule has 1 atom stereocenters. The van der Waals surface area contributed by atoms with Gasteiger partial charge in [-0.2, -0.15) is 0 Å². The van der Waals surface area contributed by atoms with Gasteiger partial charge in [0.25, 0.3) is 5.91 Å². The third-order valence-corrected chi connectivity index (χ3v) is 3.89. The van der Waals surface area contributed by atoms with Crippen molar-refractivity contribution in [1.29, 1.82) is 0 Å². The maximum Gasteiger partial charge on any atom is 0.328 e. The smallest absolute Gasteiger partial charge is 0.328 e.